The van der Waals surface area contributed by atoms with Crippen LogP contribution in [0.4, 0.5) is 4.39 Å². The molecule has 4 heteroatoms. The largest absolute Gasteiger partial charge is 0.294 e. The lowest BCUT2D eigenvalue weighted by Gasteiger charge is -2.02. The van der Waals surface area contributed by atoms with Gasteiger partial charge in [-0.1, -0.05) is 15.9 Å². The molecule has 0 unspecified atom stereocenters. The molecule has 0 bridgehead atoms. The van der Waals surface area contributed by atoms with Crippen LogP contribution in [0.25, 0.3) is 0 Å². The quantitative estimate of drug-likeness (QED) is 0.714. The predicted octanol–water partition coefficient (Wildman–Crippen LogP) is 2.78. The minimum Gasteiger partial charge on any atom is -0.294 e. The van der Waals surface area contributed by atoms with Gasteiger partial charge >= 0.3 is 0 Å². The maximum absolute atomic E-state index is 13.4. The number of halogens is 2. The van der Waals surface area contributed by atoms with Crippen LogP contribution in [0.3, 0.4) is 0 Å². The SMILES string of the molecule is N#C[C@@H]1CC(=O)c2cc(Br)cc(F)c21. The molecular weight excluding hydrogens is 249 g/mol. The van der Waals surface area contributed by atoms with E-state index in [1.54, 1.807) is 6.07 Å². The maximum Gasteiger partial charge on any atom is 0.164 e. The Bertz CT molecular complexity index is 464. The molecule has 0 radical (unpaired) electrons. The lowest BCUT2D eigenvalue weighted by molar-refractivity contribution is 0.0992. The van der Waals surface area contributed by atoms with Crippen LogP contribution in [0.15, 0.2) is 16.6 Å². The Labute approximate surface area is 88.5 Å². The lowest BCUT2D eigenvalue weighted by atomic mass is 10.0. The molecule has 1 aromatic carbocycles. The van der Waals surface area contributed by atoms with Crippen molar-refractivity contribution in [2.45, 2.75) is 12.3 Å². The Balaban J connectivity index is 2.69. The fourth-order valence-corrected chi connectivity index (χ4v) is 2.11. The van der Waals surface area contributed by atoms with Gasteiger partial charge in [0, 0.05) is 22.0 Å². The first-order chi connectivity index (χ1) is 6.63. The van der Waals surface area contributed by atoms with Crippen LogP contribution in [0.2, 0.25) is 0 Å². The topological polar surface area (TPSA) is 40.9 Å². The van der Waals surface area contributed by atoms with Crippen molar-refractivity contribution in [3.63, 3.8) is 0 Å². The van der Waals surface area contributed by atoms with E-state index >= 15 is 0 Å². The molecule has 0 N–H and O–H groups in total. The van der Waals surface area contributed by atoms with Crippen molar-refractivity contribution in [2.24, 2.45) is 0 Å². The van der Waals surface area contributed by atoms with Crippen molar-refractivity contribution in [3.05, 3.63) is 33.5 Å². The van der Waals surface area contributed by atoms with Crippen molar-refractivity contribution in [1.29, 1.82) is 5.26 Å². The predicted molar refractivity (Wildman–Crippen MR) is 51.4 cm³/mol. The number of Topliss-reactive ketones (excluding diaryl/α,β-unsaturated/α-hetero) is 1. The molecule has 2 rings (SSSR count). The Morgan fingerprint density at radius 1 is 1.57 bits per heavy atom. The van der Waals surface area contributed by atoms with Gasteiger partial charge in [-0.05, 0) is 12.1 Å². The van der Waals surface area contributed by atoms with Crippen LogP contribution in [0, 0.1) is 17.1 Å². The molecule has 14 heavy (non-hydrogen) atoms. The molecule has 0 saturated heterocycles. The van der Waals surface area contributed by atoms with Crippen molar-refractivity contribution >= 4 is 21.7 Å². The summed E-state index contributed by atoms with van der Waals surface area (Å²) >= 11 is 3.11. The number of rotatable bonds is 0. The Hall–Kier alpha value is -1.21. The van der Waals surface area contributed by atoms with Crippen LogP contribution < -0.4 is 0 Å². The molecule has 1 aromatic rings. The summed E-state index contributed by atoms with van der Waals surface area (Å²) in [5.41, 5.74) is 0.587. The fourth-order valence-electron chi connectivity index (χ4n) is 1.68. The molecule has 0 fully saturated rings. The van der Waals surface area contributed by atoms with E-state index in [0.29, 0.717) is 10.0 Å². The first kappa shape index (κ1) is 9.35. The maximum atomic E-state index is 13.4. The molecule has 2 nitrogen and oxygen atoms in total. The van der Waals surface area contributed by atoms with Gasteiger partial charge in [0.05, 0.1) is 12.0 Å². The second kappa shape index (κ2) is 3.18. The van der Waals surface area contributed by atoms with Crippen molar-refractivity contribution in [2.75, 3.05) is 0 Å². The van der Waals surface area contributed by atoms with Gasteiger partial charge in [-0.3, -0.25) is 4.79 Å². The zero-order valence-electron chi connectivity index (χ0n) is 7.05. The molecule has 0 spiro atoms. The van der Waals surface area contributed by atoms with Gasteiger partial charge in [0.25, 0.3) is 0 Å². The third kappa shape index (κ3) is 1.25. The van der Waals surface area contributed by atoms with E-state index in [-0.39, 0.29) is 17.8 Å². The highest BCUT2D eigenvalue weighted by molar-refractivity contribution is 9.10. The van der Waals surface area contributed by atoms with Crippen LogP contribution in [-0.4, -0.2) is 5.78 Å². The normalized spacial score (nSPS) is 19.2. The van der Waals surface area contributed by atoms with Gasteiger partial charge in [-0.2, -0.15) is 5.26 Å². The van der Waals surface area contributed by atoms with Gasteiger partial charge in [-0.15, -0.1) is 0 Å². The highest BCUT2D eigenvalue weighted by Crippen LogP contribution is 2.36. The number of fused-ring (bicyclic) bond motifs is 1. The first-order valence-corrected chi connectivity index (χ1v) is 4.84. The summed E-state index contributed by atoms with van der Waals surface area (Å²) in [5.74, 6) is -1.26. The minimum atomic E-state index is -0.620. The van der Waals surface area contributed by atoms with Crippen LogP contribution in [0.1, 0.15) is 28.3 Å². The number of ketones is 1. The third-order valence-electron chi connectivity index (χ3n) is 2.29. The lowest BCUT2D eigenvalue weighted by Crippen LogP contribution is -1.94. The third-order valence-corrected chi connectivity index (χ3v) is 2.75. The van der Waals surface area contributed by atoms with E-state index < -0.39 is 11.7 Å². The van der Waals surface area contributed by atoms with E-state index in [1.807, 2.05) is 6.07 Å². The average Bonchev–Trinajstić information content (AvgIpc) is 2.43. The highest BCUT2D eigenvalue weighted by atomic mass is 79.9. The van der Waals surface area contributed by atoms with E-state index in [1.165, 1.54) is 6.07 Å². The summed E-state index contributed by atoms with van der Waals surface area (Å²) in [4.78, 5) is 11.4. The second-order valence-electron chi connectivity index (χ2n) is 3.16. The second-order valence-corrected chi connectivity index (χ2v) is 4.07. The molecular formula is C10H5BrFNO. The van der Waals surface area contributed by atoms with Gasteiger partial charge in [0.15, 0.2) is 5.78 Å². The summed E-state index contributed by atoms with van der Waals surface area (Å²) in [5, 5.41) is 8.74. The molecule has 1 atom stereocenters. The van der Waals surface area contributed by atoms with Crippen molar-refractivity contribution < 1.29 is 9.18 Å². The molecule has 1 aliphatic carbocycles. The number of hydrogen-bond acceptors (Lipinski definition) is 2. The monoisotopic (exact) mass is 253 g/mol. The molecule has 0 amide bonds. The summed E-state index contributed by atoms with van der Waals surface area (Å²) in [6.07, 6.45) is 0.0964. The molecule has 0 saturated carbocycles. The van der Waals surface area contributed by atoms with Gasteiger partial charge < -0.3 is 0 Å². The summed E-state index contributed by atoms with van der Waals surface area (Å²) < 4.78 is 14.0. The molecule has 1 aliphatic rings. The Kier molecular flexibility index (Phi) is 2.12. The van der Waals surface area contributed by atoms with Gasteiger partial charge in [-0.25, -0.2) is 4.39 Å². The zero-order chi connectivity index (χ0) is 10.3. The highest BCUT2D eigenvalue weighted by Gasteiger charge is 2.32. The van der Waals surface area contributed by atoms with Gasteiger partial charge in [0.1, 0.15) is 5.82 Å². The standard InChI is InChI=1S/C10H5BrFNO/c11-6-2-7-9(14)1-5(4-13)10(7)8(12)3-6/h2-3,5H,1H2/t5-/m0/s1. The minimum absolute atomic E-state index is 0.0964. The van der Waals surface area contributed by atoms with Crippen LogP contribution in [-0.2, 0) is 0 Å². The molecule has 0 aliphatic heterocycles. The zero-order valence-corrected chi connectivity index (χ0v) is 8.64. The van der Waals surface area contributed by atoms with Gasteiger partial charge in [0.2, 0.25) is 0 Å². The summed E-state index contributed by atoms with van der Waals surface area (Å²) in [6, 6.07) is 4.78. The van der Waals surface area contributed by atoms with Crippen molar-refractivity contribution in [3.8, 4) is 6.07 Å². The van der Waals surface area contributed by atoms with E-state index in [9.17, 15) is 9.18 Å². The average molecular weight is 254 g/mol. The van der Waals surface area contributed by atoms with E-state index in [0.717, 1.165) is 0 Å². The molecule has 0 heterocycles. The number of carbonyl (C=O) groups excluding carboxylic acids is 1. The molecule has 70 valence electrons. The fraction of sp³-hybridized carbons (Fsp3) is 0.200. The van der Waals surface area contributed by atoms with E-state index in [4.69, 9.17) is 5.26 Å². The number of nitriles is 1. The number of carbonyl (C=O) groups is 1. The van der Waals surface area contributed by atoms with E-state index in [2.05, 4.69) is 15.9 Å². The number of hydrogen-bond donors (Lipinski definition) is 0. The van der Waals surface area contributed by atoms with Crippen molar-refractivity contribution in [1.82, 2.24) is 0 Å². The number of benzene rings is 1. The summed E-state index contributed by atoms with van der Waals surface area (Å²) in [6.45, 7) is 0. The Morgan fingerprint density at radius 2 is 2.29 bits per heavy atom. The Morgan fingerprint density at radius 3 is 2.93 bits per heavy atom. The molecule has 0 aromatic heterocycles. The smallest absolute Gasteiger partial charge is 0.164 e. The van der Waals surface area contributed by atoms with Crippen LogP contribution in [0.5, 0.6) is 0 Å². The summed E-state index contributed by atoms with van der Waals surface area (Å²) in [7, 11) is 0. The number of nitrogens with zero attached hydrogens (tertiary/aromatic N) is 1. The van der Waals surface area contributed by atoms with Crippen LogP contribution >= 0.6 is 15.9 Å². The first-order valence-electron chi connectivity index (χ1n) is 4.05.